The molecule has 5 nitrogen and oxygen atoms in total. The summed E-state index contributed by atoms with van der Waals surface area (Å²) in [6, 6.07) is 3.28. The molecule has 2 rings (SSSR count). The highest BCUT2D eigenvalue weighted by molar-refractivity contribution is 5.92. The van der Waals surface area contributed by atoms with Gasteiger partial charge < -0.3 is 15.8 Å². The van der Waals surface area contributed by atoms with Crippen LogP contribution in [0.2, 0.25) is 0 Å². The molecule has 1 heterocycles. The molecule has 19 heavy (non-hydrogen) atoms. The fourth-order valence-electron chi connectivity index (χ4n) is 2.08. The number of hydrogen-bond acceptors (Lipinski definition) is 4. The van der Waals surface area contributed by atoms with Gasteiger partial charge in [0.05, 0.1) is 24.6 Å². The number of rotatable bonds is 5. The van der Waals surface area contributed by atoms with E-state index in [1.807, 2.05) is 0 Å². The number of nitrogens with two attached hydrogens (primary N) is 1. The molecule has 1 saturated carbocycles. The van der Waals surface area contributed by atoms with Crippen LogP contribution in [0.25, 0.3) is 0 Å². The zero-order chi connectivity index (χ0) is 12.8. The number of pyridine rings is 1. The lowest BCUT2D eigenvalue weighted by atomic mass is 10.3. The van der Waals surface area contributed by atoms with Crippen LogP contribution in [0.3, 0.4) is 0 Å². The molecule has 0 saturated heterocycles. The number of anilines is 1. The maximum absolute atomic E-state index is 11.7. The molecule has 0 aliphatic heterocycles. The quantitative estimate of drug-likeness (QED) is 0.809. The molecular formula is C13H20ClN3O2. The molecule has 0 radical (unpaired) electrons. The summed E-state index contributed by atoms with van der Waals surface area (Å²) in [4.78, 5) is 15.6. The molecule has 0 atom stereocenters. The number of hydrogen-bond donors (Lipinski definition) is 2. The lowest BCUT2D eigenvalue weighted by Crippen LogP contribution is -2.29. The van der Waals surface area contributed by atoms with Crippen molar-refractivity contribution >= 4 is 24.0 Å². The van der Waals surface area contributed by atoms with Gasteiger partial charge in [-0.25, -0.2) is 4.98 Å². The molecule has 1 aromatic heterocycles. The van der Waals surface area contributed by atoms with Crippen molar-refractivity contribution in [2.75, 3.05) is 18.9 Å². The number of ether oxygens (including phenoxy) is 1. The van der Waals surface area contributed by atoms with Crippen LogP contribution in [0.4, 0.5) is 5.69 Å². The largest absolute Gasteiger partial charge is 0.397 e. The second kappa shape index (κ2) is 7.96. The second-order valence-electron chi connectivity index (χ2n) is 4.51. The summed E-state index contributed by atoms with van der Waals surface area (Å²) in [7, 11) is 0. The average Bonchev–Trinajstić information content (AvgIpc) is 2.88. The van der Waals surface area contributed by atoms with Crippen molar-refractivity contribution in [1.82, 2.24) is 10.3 Å². The van der Waals surface area contributed by atoms with Crippen LogP contribution in [-0.4, -0.2) is 30.1 Å². The first-order valence-electron chi connectivity index (χ1n) is 6.37. The van der Waals surface area contributed by atoms with Crippen molar-refractivity contribution in [3.63, 3.8) is 0 Å². The predicted octanol–water partition coefficient (Wildman–Crippen LogP) is 1.77. The third-order valence-electron chi connectivity index (χ3n) is 3.06. The predicted molar refractivity (Wildman–Crippen MR) is 76.4 cm³/mol. The van der Waals surface area contributed by atoms with Gasteiger partial charge in [-0.05, 0) is 25.0 Å². The Balaban J connectivity index is 0.00000180. The zero-order valence-corrected chi connectivity index (χ0v) is 11.6. The minimum Gasteiger partial charge on any atom is -0.397 e. The summed E-state index contributed by atoms with van der Waals surface area (Å²) in [6.45, 7) is 1.08. The standard InChI is InChI=1S/C13H19N3O2.ClH/c14-10-5-6-12(16-9-10)13(17)15-7-8-18-11-3-1-2-4-11;/h5-6,9,11H,1-4,7-8,14H2,(H,15,17);1H. The maximum Gasteiger partial charge on any atom is 0.269 e. The van der Waals surface area contributed by atoms with Crippen LogP contribution in [0.1, 0.15) is 36.2 Å². The SMILES string of the molecule is Cl.Nc1ccc(C(=O)NCCOC2CCCC2)nc1. The number of aromatic nitrogens is 1. The van der Waals surface area contributed by atoms with Crippen molar-refractivity contribution in [2.24, 2.45) is 0 Å². The van der Waals surface area contributed by atoms with Gasteiger partial charge in [0.25, 0.3) is 5.91 Å². The van der Waals surface area contributed by atoms with Crippen molar-refractivity contribution in [3.8, 4) is 0 Å². The van der Waals surface area contributed by atoms with Gasteiger partial charge in [0.1, 0.15) is 5.69 Å². The second-order valence-corrected chi connectivity index (χ2v) is 4.51. The first-order chi connectivity index (χ1) is 8.75. The van der Waals surface area contributed by atoms with Crippen molar-refractivity contribution < 1.29 is 9.53 Å². The van der Waals surface area contributed by atoms with E-state index in [0.717, 1.165) is 12.8 Å². The number of halogens is 1. The molecule has 1 aliphatic rings. The highest BCUT2D eigenvalue weighted by Gasteiger charge is 2.15. The van der Waals surface area contributed by atoms with Gasteiger partial charge in [-0.3, -0.25) is 4.79 Å². The Hall–Kier alpha value is -1.33. The highest BCUT2D eigenvalue weighted by Crippen LogP contribution is 2.20. The van der Waals surface area contributed by atoms with E-state index in [4.69, 9.17) is 10.5 Å². The molecule has 3 N–H and O–H groups in total. The lowest BCUT2D eigenvalue weighted by Gasteiger charge is -2.11. The maximum atomic E-state index is 11.7. The van der Waals surface area contributed by atoms with Gasteiger partial charge in [-0.2, -0.15) is 0 Å². The van der Waals surface area contributed by atoms with E-state index in [0.29, 0.717) is 30.6 Å². The number of carbonyl (C=O) groups excluding carboxylic acids is 1. The van der Waals surface area contributed by atoms with E-state index in [9.17, 15) is 4.79 Å². The highest BCUT2D eigenvalue weighted by atomic mass is 35.5. The van der Waals surface area contributed by atoms with Crippen LogP contribution in [0, 0.1) is 0 Å². The summed E-state index contributed by atoms with van der Waals surface area (Å²) in [5, 5.41) is 2.78. The Morgan fingerprint density at radius 1 is 1.42 bits per heavy atom. The lowest BCUT2D eigenvalue weighted by molar-refractivity contribution is 0.0581. The molecular weight excluding hydrogens is 266 g/mol. The summed E-state index contributed by atoms with van der Waals surface area (Å²) in [5.74, 6) is -0.190. The number of nitrogens with zero attached hydrogens (tertiary/aromatic N) is 1. The minimum absolute atomic E-state index is 0. The summed E-state index contributed by atoms with van der Waals surface area (Å²) in [5.41, 5.74) is 6.44. The molecule has 1 aromatic rings. The molecule has 106 valence electrons. The van der Waals surface area contributed by atoms with Crippen molar-refractivity contribution in [1.29, 1.82) is 0 Å². The fourth-order valence-corrected chi connectivity index (χ4v) is 2.08. The molecule has 1 amide bonds. The Kier molecular flexibility index (Phi) is 6.59. The Morgan fingerprint density at radius 2 is 2.16 bits per heavy atom. The number of amides is 1. The van der Waals surface area contributed by atoms with Crippen LogP contribution in [0.5, 0.6) is 0 Å². The zero-order valence-electron chi connectivity index (χ0n) is 10.8. The normalized spacial score (nSPS) is 14.9. The van der Waals surface area contributed by atoms with Crippen LogP contribution < -0.4 is 11.1 Å². The molecule has 0 bridgehead atoms. The molecule has 0 unspecified atom stereocenters. The summed E-state index contributed by atoms with van der Waals surface area (Å²) >= 11 is 0. The molecule has 6 heteroatoms. The van der Waals surface area contributed by atoms with Gasteiger partial charge in [0.2, 0.25) is 0 Å². The van der Waals surface area contributed by atoms with Crippen LogP contribution in [0.15, 0.2) is 18.3 Å². The number of nitrogen functional groups attached to an aromatic ring is 1. The van der Waals surface area contributed by atoms with Crippen molar-refractivity contribution in [3.05, 3.63) is 24.0 Å². The minimum atomic E-state index is -0.190. The van der Waals surface area contributed by atoms with Gasteiger partial charge in [0.15, 0.2) is 0 Å². The summed E-state index contributed by atoms with van der Waals surface area (Å²) in [6.07, 6.45) is 6.67. The monoisotopic (exact) mass is 285 g/mol. The first kappa shape index (κ1) is 15.7. The van der Waals surface area contributed by atoms with E-state index in [-0.39, 0.29) is 18.3 Å². The van der Waals surface area contributed by atoms with Crippen molar-refractivity contribution in [2.45, 2.75) is 31.8 Å². The number of carbonyl (C=O) groups is 1. The Labute approximate surface area is 119 Å². The Morgan fingerprint density at radius 3 is 2.79 bits per heavy atom. The smallest absolute Gasteiger partial charge is 0.269 e. The molecule has 1 fully saturated rings. The average molecular weight is 286 g/mol. The van der Waals surface area contributed by atoms with E-state index in [2.05, 4.69) is 10.3 Å². The number of nitrogens with one attached hydrogen (secondary N) is 1. The topological polar surface area (TPSA) is 77.2 Å². The van der Waals surface area contributed by atoms with E-state index in [1.54, 1.807) is 12.1 Å². The summed E-state index contributed by atoms with van der Waals surface area (Å²) < 4.78 is 5.65. The van der Waals surface area contributed by atoms with Crippen LogP contribution in [-0.2, 0) is 4.74 Å². The molecule has 1 aliphatic carbocycles. The van der Waals surface area contributed by atoms with Gasteiger partial charge in [-0.15, -0.1) is 12.4 Å². The first-order valence-corrected chi connectivity index (χ1v) is 6.37. The molecule has 0 aromatic carbocycles. The molecule has 0 spiro atoms. The van der Waals surface area contributed by atoms with E-state index in [1.165, 1.54) is 19.0 Å². The van der Waals surface area contributed by atoms with E-state index < -0.39 is 0 Å². The Bertz CT molecular complexity index is 391. The van der Waals surface area contributed by atoms with Gasteiger partial charge >= 0.3 is 0 Å². The third kappa shape index (κ3) is 5.04. The fraction of sp³-hybridized carbons (Fsp3) is 0.538. The van der Waals surface area contributed by atoms with Gasteiger partial charge in [0, 0.05) is 6.54 Å². The van der Waals surface area contributed by atoms with Crippen LogP contribution >= 0.6 is 12.4 Å². The third-order valence-corrected chi connectivity index (χ3v) is 3.06. The van der Waals surface area contributed by atoms with E-state index >= 15 is 0 Å². The van der Waals surface area contributed by atoms with Gasteiger partial charge in [-0.1, -0.05) is 12.8 Å².